The lowest BCUT2D eigenvalue weighted by Gasteiger charge is -2.37. The van der Waals surface area contributed by atoms with E-state index >= 15 is 0 Å². The molecule has 0 bridgehead atoms. The Balaban J connectivity index is 1.51. The van der Waals surface area contributed by atoms with Crippen LogP contribution in [0.4, 0.5) is 5.69 Å². The minimum atomic E-state index is -0.858. The van der Waals surface area contributed by atoms with Gasteiger partial charge in [0.25, 0.3) is 0 Å². The summed E-state index contributed by atoms with van der Waals surface area (Å²) >= 11 is 0. The van der Waals surface area contributed by atoms with E-state index in [1.807, 2.05) is 12.1 Å². The number of carboxylic acids is 1. The van der Waals surface area contributed by atoms with Gasteiger partial charge in [-0.25, -0.2) is 4.79 Å². The largest absolute Gasteiger partial charge is 0.478 e. The summed E-state index contributed by atoms with van der Waals surface area (Å²) in [6.07, 6.45) is 5.66. The zero-order valence-electron chi connectivity index (χ0n) is 12.5. The highest BCUT2D eigenvalue weighted by molar-refractivity contribution is 5.88. The van der Waals surface area contributed by atoms with Gasteiger partial charge in [-0.3, -0.25) is 4.90 Å². The molecular formula is C17H24N2O2. The van der Waals surface area contributed by atoms with Crippen molar-refractivity contribution in [2.75, 3.05) is 37.6 Å². The van der Waals surface area contributed by atoms with Crippen LogP contribution in [-0.4, -0.2) is 48.7 Å². The normalized spacial score (nSPS) is 20.9. The molecule has 1 aliphatic heterocycles. The fourth-order valence-corrected chi connectivity index (χ4v) is 3.56. The standard InChI is InChI=1S/C17H24N2O2/c20-17(21)15-5-7-16(8-6-15)19-11-9-18(10-12-19)13-14-3-1-2-4-14/h5-8,14H,1-4,9-13H2,(H,20,21). The van der Waals surface area contributed by atoms with Crippen molar-refractivity contribution in [2.45, 2.75) is 25.7 Å². The Morgan fingerprint density at radius 2 is 1.67 bits per heavy atom. The highest BCUT2D eigenvalue weighted by atomic mass is 16.4. The molecule has 1 N–H and O–H groups in total. The van der Waals surface area contributed by atoms with Crippen LogP contribution in [0.25, 0.3) is 0 Å². The van der Waals surface area contributed by atoms with Crippen molar-refractivity contribution in [3.63, 3.8) is 0 Å². The summed E-state index contributed by atoms with van der Waals surface area (Å²) in [7, 11) is 0. The van der Waals surface area contributed by atoms with Crippen LogP contribution in [0.3, 0.4) is 0 Å². The SMILES string of the molecule is O=C(O)c1ccc(N2CCN(CC3CCCC3)CC2)cc1. The second-order valence-electron chi connectivity index (χ2n) is 6.29. The molecule has 3 rings (SSSR count). The van der Waals surface area contributed by atoms with E-state index in [0.717, 1.165) is 37.8 Å². The molecule has 0 amide bonds. The van der Waals surface area contributed by atoms with Crippen molar-refractivity contribution in [1.29, 1.82) is 0 Å². The first-order valence-electron chi connectivity index (χ1n) is 8.03. The van der Waals surface area contributed by atoms with Crippen molar-refractivity contribution in [2.24, 2.45) is 5.92 Å². The first-order valence-corrected chi connectivity index (χ1v) is 8.03. The van der Waals surface area contributed by atoms with Crippen molar-refractivity contribution in [3.8, 4) is 0 Å². The van der Waals surface area contributed by atoms with Crippen molar-refractivity contribution in [1.82, 2.24) is 4.90 Å². The Morgan fingerprint density at radius 1 is 1.05 bits per heavy atom. The Morgan fingerprint density at radius 3 is 2.24 bits per heavy atom. The highest BCUT2D eigenvalue weighted by Gasteiger charge is 2.22. The van der Waals surface area contributed by atoms with E-state index in [-0.39, 0.29) is 0 Å². The Labute approximate surface area is 126 Å². The molecule has 0 atom stereocenters. The molecular weight excluding hydrogens is 264 g/mol. The molecule has 1 heterocycles. The van der Waals surface area contributed by atoms with Gasteiger partial charge in [-0.15, -0.1) is 0 Å². The molecule has 0 radical (unpaired) electrons. The predicted octanol–water partition coefficient (Wildman–Crippen LogP) is 2.70. The van der Waals surface area contributed by atoms with Gasteiger partial charge in [0.15, 0.2) is 0 Å². The summed E-state index contributed by atoms with van der Waals surface area (Å²) in [5.74, 6) is 0.0642. The molecule has 1 saturated carbocycles. The lowest BCUT2D eigenvalue weighted by atomic mass is 10.1. The summed E-state index contributed by atoms with van der Waals surface area (Å²) in [4.78, 5) is 15.8. The van der Waals surface area contributed by atoms with Crippen LogP contribution in [0.15, 0.2) is 24.3 Å². The minimum Gasteiger partial charge on any atom is -0.478 e. The number of nitrogens with zero attached hydrogens (tertiary/aromatic N) is 2. The monoisotopic (exact) mass is 288 g/mol. The number of benzene rings is 1. The predicted molar refractivity (Wildman–Crippen MR) is 84.0 cm³/mol. The third-order valence-corrected chi connectivity index (χ3v) is 4.84. The number of piperazine rings is 1. The third kappa shape index (κ3) is 3.56. The van der Waals surface area contributed by atoms with E-state index in [0.29, 0.717) is 5.56 Å². The summed E-state index contributed by atoms with van der Waals surface area (Å²) in [6, 6.07) is 7.25. The van der Waals surface area contributed by atoms with E-state index in [9.17, 15) is 4.79 Å². The molecule has 114 valence electrons. The number of anilines is 1. The van der Waals surface area contributed by atoms with Gasteiger partial charge in [-0.05, 0) is 43.0 Å². The van der Waals surface area contributed by atoms with Crippen LogP contribution in [0.1, 0.15) is 36.0 Å². The van der Waals surface area contributed by atoms with Crippen molar-refractivity contribution < 1.29 is 9.90 Å². The second kappa shape index (κ2) is 6.48. The van der Waals surface area contributed by atoms with Gasteiger partial charge in [0, 0.05) is 38.4 Å². The molecule has 0 unspecified atom stereocenters. The molecule has 0 spiro atoms. The second-order valence-corrected chi connectivity index (χ2v) is 6.29. The number of rotatable bonds is 4. The highest BCUT2D eigenvalue weighted by Crippen LogP contribution is 2.26. The minimum absolute atomic E-state index is 0.360. The average Bonchev–Trinajstić information content (AvgIpc) is 3.01. The van der Waals surface area contributed by atoms with Gasteiger partial charge >= 0.3 is 5.97 Å². The first kappa shape index (κ1) is 14.4. The molecule has 21 heavy (non-hydrogen) atoms. The number of hydrogen-bond donors (Lipinski definition) is 1. The van der Waals surface area contributed by atoms with Crippen LogP contribution >= 0.6 is 0 Å². The zero-order chi connectivity index (χ0) is 14.7. The average molecular weight is 288 g/mol. The Kier molecular flexibility index (Phi) is 4.44. The van der Waals surface area contributed by atoms with Crippen LogP contribution in [0.5, 0.6) is 0 Å². The summed E-state index contributed by atoms with van der Waals surface area (Å²) in [5, 5.41) is 8.94. The molecule has 4 nitrogen and oxygen atoms in total. The molecule has 1 aromatic carbocycles. The Bertz CT molecular complexity index is 472. The van der Waals surface area contributed by atoms with Gasteiger partial charge in [0.05, 0.1) is 5.56 Å². The fourth-order valence-electron chi connectivity index (χ4n) is 3.56. The molecule has 0 aromatic heterocycles. The summed E-state index contributed by atoms with van der Waals surface area (Å²) in [6.45, 7) is 5.60. The maximum Gasteiger partial charge on any atom is 0.335 e. The smallest absolute Gasteiger partial charge is 0.335 e. The topological polar surface area (TPSA) is 43.8 Å². The molecule has 2 fully saturated rings. The molecule has 1 aromatic rings. The van der Waals surface area contributed by atoms with Crippen LogP contribution in [0, 0.1) is 5.92 Å². The third-order valence-electron chi connectivity index (χ3n) is 4.84. The maximum atomic E-state index is 10.9. The van der Waals surface area contributed by atoms with Crippen molar-refractivity contribution >= 4 is 11.7 Å². The molecule has 1 saturated heterocycles. The van der Waals surface area contributed by atoms with Crippen LogP contribution in [0.2, 0.25) is 0 Å². The van der Waals surface area contributed by atoms with Crippen LogP contribution < -0.4 is 4.90 Å². The Hall–Kier alpha value is -1.55. The lowest BCUT2D eigenvalue weighted by Crippen LogP contribution is -2.47. The van der Waals surface area contributed by atoms with E-state index < -0.39 is 5.97 Å². The van der Waals surface area contributed by atoms with E-state index in [4.69, 9.17) is 5.11 Å². The van der Waals surface area contributed by atoms with Crippen LogP contribution in [-0.2, 0) is 0 Å². The zero-order valence-corrected chi connectivity index (χ0v) is 12.5. The molecule has 4 heteroatoms. The van der Waals surface area contributed by atoms with E-state index in [1.54, 1.807) is 12.1 Å². The quantitative estimate of drug-likeness (QED) is 0.925. The summed E-state index contributed by atoms with van der Waals surface area (Å²) < 4.78 is 0. The number of carbonyl (C=O) groups is 1. The first-order chi connectivity index (χ1) is 10.2. The van der Waals surface area contributed by atoms with E-state index in [1.165, 1.54) is 32.2 Å². The van der Waals surface area contributed by atoms with Gasteiger partial charge in [0.1, 0.15) is 0 Å². The number of hydrogen-bond acceptors (Lipinski definition) is 3. The molecule has 1 aliphatic carbocycles. The van der Waals surface area contributed by atoms with Gasteiger partial charge in [-0.2, -0.15) is 0 Å². The number of carboxylic acid groups (broad SMARTS) is 1. The number of aromatic carboxylic acids is 1. The molecule has 2 aliphatic rings. The van der Waals surface area contributed by atoms with Gasteiger partial charge < -0.3 is 10.0 Å². The maximum absolute atomic E-state index is 10.9. The summed E-state index contributed by atoms with van der Waals surface area (Å²) in [5.41, 5.74) is 1.50. The lowest BCUT2D eigenvalue weighted by molar-refractivity contribution is 0.0697. The van der Waals surface area contributed by atoms with Gasteiger partial charge in [0.2, 0.25) is 0 Å². The van der Waals surface area contributed by atoms with Gasteiger partial charge in [-0.1, -0.05) is 12.8 Å². The fraction of sp³-hybridized carbons (Fsp3) is 0.588. The van der Waals surface area contributed by atoms with E-state index in [2.05, 4.69) is 9.80 Å². The van der Waals surface area contributed by atoms with Crippen molar-refractivity contribution in [3.05, 3.63) is 29.8 Å².